The van der Waals surface area contributed by atoms with Crippen LogP contribution in [0.4, 0.5) is 0 Å². The van der Waals surface area contributed by atoms with E-state index in [0.29, 0.717) is 18.0 Å². The van der Waals surface area contributed by atoms with E-state index in [2.05, 4.69) is 0 Å². The maximum atomic E-state index is 11.1. The van der Waals surface area contributed by atoms with Crippen LogP contribution in [-0.2, 0) is 9.53 Å². The molecule has 0 saturated carbocycles. The molecule has 0 radical (unpaired) electrons. The molecule has 70 valence electrons. The molecule has 12 heavy (non-hydrogen) atoms. The fraction of sp³-hybridized carbons (Fsp3) is 0.857. The van der Waals surface area contributed by atoms with Crippen LogP contribution in [0, 0.1) is 0 Å². The summed E-state index contributed by atoms with van der Waals surface area (Å²) in [5.41, 5.74) is 5.36. The molecule has 1 heterocycles. The summed E-state index contributed by atoms with van der Waals surface area (Å²) < 4.78 is 5.26. The van der Waals surface area contributed by atoms with Gasteiger partial charge in [0.15, 0.2) is 0 Å². The molecule has 1 fully saturated rings. The first-order valence-corrected chi connectivity index (χ1v) is 3.97. The summed E-state index contributed by atoms with van der Waals surface area (Å²) in [5, 5.41) is 9.37. The third-order valence-electron chi connectivity index (χ3n) is 1.96. The van der Waals surface area contributed by atoms with Crippen LogP contribution in [0.3, 0.4) is 0 Å². The van der Waals surface area contributed by atoms with Crippen molar-refractivity contribution in [2.45, 2.75) is 25.0 Å². The smallest absolute Gasteiger partial charge is 0.274 e. The minimum atomic E-state index is -0.506. The zero-order valence-electron chi connectivity index (χ0n) is 7.06. The van der Waals surface area contributed by atoms with Gasteiger partial charge in [0.25, 0.3) is 5.91 Å². The summed E-state index contributed by atoms with van der Waals surface area (Å²) in [6.07, 6.45) is 0.902. The molecule has 3 N–H and O–H groups in total. The lowest BCUT2D eigenvalue weighted by atomic mass is 10.2. The van der Waals surface area contributed by atoms with Gasteiger partial charge in [-0.05, 0) is 12.8 Å². The Kier molecular flexibility index (Phi) is 3.02. The van der Waals surface area contributed by atoms with Gasteiger partial charge in [0, 0.05) is 13.6 Å². The Morgan fingerprint density at radius 2 is 2.42 bits per heavy atom. The quantitative estimate of drug-likeness (QED) is 0.430. The van der Waals surface area contributed by atoms with Crippen molar-refractivity contribution in [1.29, 1.82) is 0 Å². The van der Waals surface area contributed by atoms with Gasteiger partial charge in [0.1, 0.15) is 6.10 Å². The van der Waals surface area contributed by atoms with Crippen LogP contribution < -0.4 is 5.73 Å². The first-order chi connectivity index (χ1) is 5.65. The molecule has 2 unspecified atom stereocenters. The molecule has 0 aromatic heterocycles. The number of carbonyl (C=O) groups is 1. The number of carbonyl (C=O) groups excluding carboxylic acids is 1. The number of hydroxylamine groups is 2. The number of rotatable bonds is 2. The fourth-order valence-corrected chi connectivity index (χ4v) is 1.27. The van der Waals surface area contributed by atoms with Crippen molar-refractivity contribution in [2.75, 3.05) is 13.6 Å². The fourth-order valence-electron chi connectivity index (χ4n) is 1.27. The zero-order valence-corrected chi connectivity index (χ0v) is 7.06. The van der Waals surface area contributed by atoms with Gasteiger partial charge in [-0.15, -0.1) is 0 Å². The second-order valence-corrected chi connectivity index (χ2v) is 2.92. The number of likely N-dealkylation sites (N-methyl/N-ethyl adjacent to an activating group) is 1. The van der Waals surface area contributed by atoms with E-state index in [0.717, 1.165) is 6.42 Å². The maximum absolute atomic E-state index is 11.1. The molecule has 2 atom stereocenters. The third-order valence-corrected chi connectivity index (χ3v) is 1.96. The van der Waals surface area contributed by atoms with Crippen LogP contribution >= 0.6 is 0 Å². The van der Waals surface area contributed by atoms with Gasteiger partial charge in [-0.2, -0.15) is 0 Å². The van der Waals surface area contributed by atoms with E-state index in [4.69, 9.17) is 15.7 Å². The van der Waals surface area contributed by atoms with E-state index in [1.165, 1.54) is 7.05 Å². The highest BCUT2D eigenvalue weighted by atomic mass is 16.5. The van der Waals surface area contributed by atoms with Gasteiger partial charge in [0.2, 0.25) is 0 Å². The monoisotopic (exact) mass is 174 g/mol. The van der Waals surface area contributed by atoms with Gasteiger partial charge in [0.05, 0.1) is 6.10 Å². The molecular formula is C7H14N2O3. The largest absolute Gasteiger partial charge is 0.364 e. The molecule has 0 aromatic rings. The van der Waals surface area contributed by atoms with Crippen molar-refractivity contribution in [1.82, 2.24) is 5.06 Å². The van der Waals surface area contributed by atoms with Crippen LogP contribution in [0.25, 0.3) is 0 Å². The number of hydrogen-bond acceptors (Lipinski definition) is 4. The highest BCUT2D eigenvalue weighted by Gasteiger charge is 2.31. The summed E-state index contributed by atoms with van der Waals surface area (Å²) in [6, 6.07) is 0. The van der Waals surface area contributed by atoms with Crippen LogP contribution in [-0.4, -0.2) is 42.0 Å². The Morgan fingerprint density at radius 3 is 2.83 bits per heavy atom. The van der Waals surface area contributed by atoms with E-state index in [-0.39, 0.29) is 6.10 Å². The minimum Gasteiger partial charge on any atom is -0.364 e. The van der Waals surface area contributed by atoms with Crippen LogP contribution in [0.15, 0.2) is 0 Å². The van der Waals surface area contributed by atoms with Crippen molar-refractivity contribution in [3.05, 3.63) is 0 Å². The van der Waals surface area contributed by atoms with Gasteiger partial charge in [-0.1, -0.05) is 0 Å². The van der Waals surface area contributed by atoms with Crippen molar-refractivity contribution in [2.24, 2.45) is 5.73 Å². The number of hydrogen-bond donors (Lipinski definition) is 2. The molecule has 1 rings (SSSR count). The summed E-state index contributed by atoms with van der Waals surface area (Å²) in [7, 11) is 1.29. The van der Waals surface area contributed by atoms with Crippen LogP contribution in [0.5, 0.6) is 0 Å². The molecule has 1 aliphatic rings. The zero-order chi connectivity index (χ0) is 9.14. The van der Waals surface area contributed by atoms with Crippen LogP contribution in [0.1, 0.15) is 12.8 Å². The maximum Gasteiger partial charge on any atom is 0.274 e. The molecule has 0 spiro atoms. The lowest BCUT2D eigenvalue weighted by molar-refractivity contribution is -0.171. The van der Waals surface area contributed by atoms with E-state index in [9.17, 15) is 4.79 Å². The second kappa shape index (κ2) is 3.84. The number of nitrogens with zero attached hydrogens (tertiary/aromatic N) is 1. The lowest BCUT2D eigenvalue weighted by Crippen LogP contribution is -2.34. The molecule has 1 saturated heterocycles. The van der Waals surface area contributed by atoms with Crippen molar-refractivity contribution >= 4 is 5.91 Å². The summed E-state index contributed by atoms with van der Waals surface area (Å²) in [6.45, 7) is 0.429. The lowest BCUT2D eigenvalue weighted by Gasteiger charge is -2.14. The van der Waals surface area contributed by atoms with Gasteiger partial charge in [-0.3, -0.25) is 10.0 Å². The summed E-state index contributed by atoms with van der Waals surface area (Å²) in [5.74, 6) is -0.397. The Hall–Kier alpha value is -0.650. The molecule has 1 aliphatic heterocycles. The summed E-state index contributed by atoms with van der Waals surface area (Å²) in [4.78, 5) is 11.1. The van der Waals surface area contributed by atoms with Gasteiger partial charge < -0.3 is 10.5 Å². The highest BCUT2D eigenvalue weighted by molar-refractivity contribution is 5.79. The highest BCUT2D eigenvalue weighted by Crippen LogP contribution is 2.19. The molecule has 5 heteroatoms. The predicted molar refractivity (Wildman–Crippen MR) is 41.5 cm³/mol. The molecular weight excluding hydrogens is 160 g/mol. The average molecular weight is 174 g/mol. The van der Waals surface area contributed by atoms with E-state index in [1.54, 1.807) is 0 Å². The first-order valence-electron chi connectivity index (χ1n) is 3.97. The number of nitrogens with two attached hydrogens (primary N) is 1. The Morgan fingerprint density at radius 1 is 1.75 bits per heavy atom. The van der Waals surface area contributed by atoms with Crippen molar-refractivity contribution < 1.29 is 14.7 Å². The van der Waals surface area contributed by atoms with Gasteiger partial charge in [-0.25, -0.2) is 5.06 Å². The Labute approximate surface area is 71.0 Å². The van der Waals surface area contributed by atoms with E-state index < -0.39 is 12.0 Å². The predicted octanol–water partition coefficient (Wildman–Crippen LogP) is -0.660. The molecule has 0 aromatic carbocycles. The Bertz CT molecular complexity index is 172. The topological polar surface area (TPSA) is 75.8 Å². The average Bonchev–Trinajstić information content (AvgIpc) is 2.50. The van der Waals surface area contributed by atoms with Gasteiger partial charge >= 0.3 is 0 Å². The molecule has 5 nitrogen and oxygen atoms in total. The molecule has 0 aliphatic carbocycles. The first kappa shape index (κ1) is 9.44. The number of ether oxygens (including phenoxy) is 1. The Balaban J connectivity index is 2.41. The van der Waals surface area contributed by atoms with E-state index in [1.807, 2.05) is 0 Å². The number of amides is 1. The van der Waals surface area contributed by atoms with Crippen molar-refractivity contribution in [3.8, 4) is 0 Å². The SMILES string of the molecule is CN(O)C(=O)C1CCC(CN)O1. The van der Waals surface area contributed by atoms with E-state index >= 15 is 0 Å². The molecule has 1 amide bonds. The standard InChI is InChI=1S/C7H14N2O3/c1-9(11)7(10)6-3-2-5(4-8)12-6/h5-6,11H,2-4,8H2,1H3. The van der Waals surface area contributed by atoms with Crippen molar-refractivity contribution in [3.63, 3.8) is 0 Å². The van der Waals surface area contributed by atoms with Crippen LogP contribution in [0.2, 0.25) is 0 Å². The third kappa shape index (κ3) is 1.94. The second-order valence-electron chi connectivity index (χ2n) is 2.92. The summed E-state index contributed by atoms with van der Waals surface area (Å²) >= 11 is 0. The molecule has 0 bridgehead atoms. The minimum absolute atomic E-state index is 0.0288. The normalized spacial score (nSPS) is 28.9.